The van der Waals surface area contributed by atoms with Gasteiger partial charge in [0.15, 0.2) is 6.61 Å². The van der Waals surface area contributed by atoms with Crippen LogP contribution in [0.3, 0.4) is 0 Å². The van der Waals surface area contributed by atoms with Crippen LogP contribution in [0.25, 0.3) is 10.9 Å². The zero-order valence-corrected chi connectivity index (χ0v) is 21.1. The zero-order valence-electron chi connectivity index (χ0n) is 20.3. The summed E-state index contributed by atoms with van der Waals surface area (Å²) in [5, 5.41) is 10.8. The maximum atomic E-state index is 13.1. The SMILES string of the molecule is Cc1ccc(OCC(=O)N(C)C(CN2CC[C@H](O)C2)c2cccc(N)c2)c2cccnc12.N=S(=O)=O. The molecule has 0 radical (unpaired) electrons. The third-order valence-electron chi connectivity index (χ3n) is 6.12. The number of aryl methyl sites for hydroxylation is 1. The Bertz CT molecular complexity index is 1310. The number of β-amino-alcohol motifs (C(OH)–C–C–N with tert-alkyl or cyclic N) is 1. The Hall–Kier alpha value is -3.54. The van der Waals surface area contributed by atoms with Crippen LogP contribution in [0.15, 0.2) is 54.7 Å². The number of amides is 1. The van der Waals surface area contributed by atoms with Crippen LogP contribution >= 0.6 is 0 Å². The number of pyridine rings is 1. The topological polar surface area (TPSA) is 150 Å². The molecule has 1 amide bonds. The highest BCUT2D eigenvalue weighted by Gasteiger charge is 2.28. The second-order valence-electron chi connectivity index (χ2n) is 8.70. The summed E-state index contributed by atoms with van der Waals surface area (Å²) < 4.78 is 28.8. The maximum absolute atomic E-state index is 13.1. The van der Waals surface area contributed by atoms with Crippen molar-refractivity contribution in [1.82, 2.24) is 14.8 Å². The molecule has 2 atom stereocenters. The number of benzene rings is 2. The molecule has 1 unspecified atom stereocenters. The number of aliphatic hydroxyl groups excluding tert-OH is 1. The Kier molecular flexibility index (Phi) is 9.34. The second-order valence-corrected chi connectivity index (χ2v) is 9.17. The lowest BCUT2D eigenvalue weighted by molar-refractivity contribution is -0.134. The summed E-state index contributed by atoms with van der Waals surface area (Å²) in [6.07, 6.45) is 2.19. The molecule has 3 aromatic rings. The van der Waals surface area contributed by atoms with Gasteiger partial charge in [0, 0.05) is 44.0 Å². The van der Waals surface area contributed by atoms with Gasteiger partial charge in [-0.3, -0.25) is 14.7 Å². The molecule has 4 N–H and O–H groups in total. The Labute approximate surface area is 211 Å². The predicted molar refractivity (Wildman–Crippen MR) is 137 cm³/mol. The molecule has 0 bridgehead atoms. The minimum atomic E-state index is -2.61. The fraction of sp³-hybridized carbons (Fsp3) is 0.360. The van der Waals surface area contributed by atoms with E-state index in [0.29, 0.717) is 24.5 Å². The highest BCUT2D eigenvalue weighted by Crippen LogP contribution is 2.28. The Morgan fingerprint density at radius 2 is 2.06 bits per heavy atom. The molecule has 0 aliphatic carbocycles. The molecule has 11 heteroatoms. The lowest BCUT2D eigenvalue weighted by Crippen LogP contribution is -2.41. The van der Waals surface area contributed by atoms with Gasteiger partial charge < -0.3 is 20.5 Å². The number of ether oxygens (including phenoxy) is 1. The van der Waals surface area contributed by atoms with E-state index < -0.39 is 10.5 Å². The molecule has 0 saturated carbocycles. The first-order valence-electron chi connectivity index (χ1n) is 11.4. The van der Waals surface area contributed by atoms with Crippen LogP contribution in [-0.2, 0) is 15.3 Å². The lowest BCUT2D eigenvalue weighted by Gasteiger charge is -2.32. The summed E-state index contributed by atoms with van der Waals surface area (Å²) in [5.41, 5.74) is 9.57. The lowest BCUT2D eigenvalue weighted by atomic mass is 10.0. The van der Waals surface area contributed by atoms with Gasteiger partial charge in [-0.25, -0.2) is 0 Å². The number of hydrogen-bond acceptors (Lipinski definition) is 9. The summed E-state index contributed by atoms with van der Waals surface area (Å²) in [4.78, 5) is 21.5. The van der Waals surface area contributed by atoms with Gasteiger partial charge in [0.2, 0.25) is 0 Å². The monoisotopic (exact) mass is 513 g/mol. The van der Waals surface area contributed by atoms with Gasteiger partial charge in [0.1, 0.15) is 5.75 Å². The van der Waals surface area contributed by atoms with E-state index >= 15 is 0 Å². The van der Waals surface area contributed by atoms with E-state index in [-0.39, 0.29) is 24.7 Å². The average Bonchev–Trinajstić information content (AvgIpc) is 3.26. The van der Waals surface area contributed by atoms with Crippen molar-refractivity contribution < 1.29 is 23.1 Å². The van der Waals surface area contributed by atoms with Crippen LogP contribution in [0.1, 0.15) is 23.6 Å². The summed E-state index contributed by atoms with van der Waals surface area (Å²) >= 11 is 0. The van der Waals surface area contributed by atoms with Crippen LogP contribution in [0, 0.1) is 11.7 Å². The Morgan fingerprint density at radius 3 is 2.72 bits per heavy atom. The third-order valence-corrected chi connectivity index (χ3v) is 6.12. The Morgan fingerprint density at radius 1 is 1.31 bits per heavy atom. The second kappa shape index (κ2) is 12.4. The van der Waals surface area contributed by atoms with E-state index in [1.54, 1.807) is 18.1 Å². The molecular formula is C25H31N5O5S. The van der Waals surface area contributed by atoms with Crippen molar-refractivity contribution in [1.29, 1.82) is 4.78 Å². The van der Waals surface area contributed by atoms with E-state index in [4.69, 9.17) is 23.7 Å². The number of nitrogens with zero attached hydrogens (tertiary/aromatic N) is 3. The first kappa shape index (κ1) is 27.1. The number of nitrogens with two attached hydrogens (primary N) is 1. The van der Waals surface area contributed by atoms with Crippen LogP contribution < -0.4 is 10.5 Å². The van der Waals surface area contributed by atoms with Gasteiger partial charge in [0.05, 0.1) is 17.7 Å². The van der Waals surface area contributed by atoms with E-state index in [1.807, 2.05) is 55.5 Å². The molecule has 1 fully saturated rings. The van der Waals surface area contributed by atoms with Gasteiger partial charge in [-0.15, -0.1) is 0 Å². The molecule has 192 valence electrons. The van der Waals surface area contributed by atoms with Crippen LogP contribution in [0.2, 0.25) is 0 Å². The first-order valence-corrected chi connectivity index (χ1v) is 12.5. The fourth-order valence-electron chi connectivity index (χ4n) is 4.27. The van der Waals surface area contributed by atoms with E-state index in [2.05, 4.69) is 9.88 Å². The summed E-state index contributed by atoms with van der Waals surface area (Å²) in [7, 11) is -0.819. The minimum Gasteiger partial charge on any atom is -0.483 e. The van der Waals surface area contributed by atoms with Crippen LogP contribution in [0.5, 0.6) is 5.75 Å². The fourth-order valence-corrected chi connectivity index (χ4v) is 4.27. The summed E-state index contributed by atoms with van der Waals surface area (Å²) in [6, 6.07) is 15.1. The van der Waals surface area contributed by atoms with Crippen molar-refractivity contribution in [3.05, 3.63) is 65.9 Å². The summed E-state index contributed by atoms with van der Waals surface area (Å²) in [5.74, 6) is 0.512. The van der Waals surface area contributed by atoms with Gasteiger partial charge in [0.25, 0.3) is 5.91 Å². The van der Waals surface area contributed by atoms with Gasteiger partial charge >= 0.3 is 10.5 Å². The normalized spacial score (nSPS) is 16.1. The molecule has 1 aromatic heterocycles. The van der Waals surface area contributed by atoms with Crippen molar-refractivity contribution in [3.8, 4) is 5.75 Å². The average molecular weight is 514 g/mol. The standard InChI is InChI=1S/C25H30N4O3.HNO2S/c1-17-8-9-23(21-7-4-11-27-25(17)21)32-16-24(31)28(2)22(15-29-12-10-20(30)14-29)18-5-3-6-19(26)13-18;1-4(2)3/h3-9,11,13,20,22,30H,10,12,14-16,26H2,1-2H3;1H/t20-,22?;/m0./s1. The van der Waals surface area contributed by atoms with E-state index in [9.17, 15) is 9.90 Å². The zero-order chi connectivity index (χ0) is 26.2. The highest BCUT2D eigenvalue weighted by atomic mass is 32.2. The number of hydrogen-bond donors (Lipinski definition) is 3. The number of rotatable bonds is 7. The molecule has 36 heavy (non-hydrogen) atoms. The van der Waals surface area contributed by atoms with Gasteiger partial charge in [-0.2, -0.15) is 13.2 Å². The molecule has 0 spiro atoms. The molecule has 1 aliphatic rings. The molecule has 4 rings (SSSR count). The van der Waals surface area contributed by atoms with Crippen molar-refractivity contribution in [3.63, 3.8) is 0 Å². The number of likely N-dealkylation sites (tertiary alicyclic amines) is 1. The molecule has 10 nitrogen and oxygen atoms in total. The number of aliphatic hydroxyl groups is 1. The van der Waals surface area contributed by atoms with E-state index in [0.717, 1.165) is 35.0 Å². The highest BCUT2D eigenvalue weighted by molar-refractivity contribution is 7.60. The van der Waals surface area contributed by atoms with Crippen LogP contribution in [0.4, 0.5) is 5.69 Å². The number of carbonyl (C=O) groups is 1. The number of aromatic nitrogens is 1. The van der Waals surface area contributed by atoms with Gasteiger partial charge in [-0.1, -0.05) is 18.2 Å². The van der Waals surface area contributed by atoms with Crippen LogP contribution in [-0.4, -0.2) is 73.6 Å². The quantitative estimate of drug-likeness (QED) is 0.408. The predicted octanol–water partition coefficient (Wildman–Crippen LogP) is 2.40. The maximum Gasteiger partial charge on any atom is 0.308 e. The smallest absolute Gasteiger partial charge is 0.308 e. The number of anilines is 1. The first-order chi connectivity index (χ1) is 17.2. The minimum absolute atomic E-state index is 0.0784. The van der Waals surface area contributed by atoms with Crippen molar-refractivity contribution in [2.24, 2.45) is 0 Å². The van der Waals surface area contributed by atoms with Crippen molar-refractivity contribution in [2.45, 2.75) is 25.5 Å². The van der Waals surface area contributed by atoms with Crippen molar-refractivity contribution in [2.75, 3.05) is 39.0 Å². The number of nitrogen functional groups attached to an aromatic ring is 1. The van der Waals surface area contributed by atoms with Crippen molar-refractivity contribution >= 4 is 33.0 Å². The molecular weight excluding hydrogens is 482 g/mol. The van der Waals surface area contributed by atoms with Gasteiger partial charge in [-0.05, 0) is 54.8 Å². The molecule has 2 aromatic carbocycles. The largest absolute Gasteiger partial charge is 0.483 e. The summed E-state index contributed by atoms with van der Waals surface area (Å²) in [6.45, 7) is 3.97. The number of nitrogens with one attached hydrogen (secondary N) is 1. The number of carbonyl (C=O) groups excluding carboxylic acids is 1. The third kappa shape index (κ3) is 7.23. The molecule has 1 aliphatic heterocycles. The molecule has 2 heterocycles. The Balaban J connectivity index is 0.000000840. The van der Waals surface area contributed by atoms with E-state index in [1.165, 1.54) is 0 Å². The number of fused-ring (bicyclic) bond motifs is 1. The molecule has 1 saturated heterocycles. The number of likely N-dealkylation sites (N-methyl/N-ethyl adjacent to an activating group) is 1.